The van der Waals surface area contributed by atoms with Crippen LogP contribution in [0.1, 0.15) is 10.4 Å². The van der Waals surface area contributed by atoms with Gasteiger partial charge in [0.2, 0.25) is 0 Å². The Morgan fingerprint density at radius 3 is 2.86 bits per heavy atom. The summed E-state index contributed by atoms with van der Waals surface area (Å²) in [5, 5.41) is 3.20. The van der Waals surface area contributed by atoms with Crippen molar-refractivity contribution in [1.82, 2.24) is 14.8 Å². The van der Waals surface area contributed by atoms with Crippen molar-refractivity contribution >= 4 is 17.0 Å². The Labute approximate surface area is 121 Å². The summed E-state index contributed by atoms with van der Waals surface area (Å²) >= 11 is 0. The predicted octanol–water partition coefficient (Wildman–Crippen LogP) is 0.244. The number of piperazine rings is 1. The number of fused-ring (bicyclic) bond motifs is 1. The van der Waals surface area contributed by atoms with Gasteiger partial charge in [0.05, 0.1) is 5.52 Å². The van der Waals surface area contributed by atoms with Crippen LogP contribution in [0.15, 0.2) is 27.4 Å². The summed E-state index contributed by atoms with van der Waals surface area (Å²) in [4.78, 5) is 25.9. The Bertz CT molecular complexity index is 713. The van der Waals surface area contributed by atoms with Crippen molar-refractivity contribution in [1.29, 1.82) is 0 Å². The molecule has 2 heterocycles. The van der Waals surface area contributed by atoms with E-state index in [-0.39, 0.29) is 12.6 Å². The number of carbonyl (C=O) groups is 1. The molecule has 1 aromatic heterocycles. The summed E-state index contributed by atoms with van der Waals surface area (Å²) in [6.45, 7) is 3.09. The van der Waals surface area contributed by atoms with Gasteiger partial charge in [-0.15, -0.1) is 0 Å². The summed E-state index contributed by atoms with van der Waals surface area (Å²) < 4.78 is 11.5. The number of nitrogens with one attached hydrogen (secondary N) is 1. The maximum Gasteiger partial charge on any atom is 0.421 e. The highest BCUT2D eigenvalue weighted by molar-refractivity contribution is 5.97. The Morgan fingerprint density at radius 2 is 2.14 bits per heavy atom. The molecule has 2 aromatic rings. The van der Waals surface area contributed by atoms with Crippen molar-refractivity contribution in [2.24, 2.45) is 0 Å². The number of hydrogen-bond acceptors (Lipinski definition) is 5. The Kier molecular flexibility index (Phi) is 3.76. The van der Waals surface area contributed by atoms with Crippen LogP contribution in [-0.4, -0.2) is 48.7 Å². The highest BCUT2D eigenvalue weighted by Gasteiger charge is 2.19. The van der Waals surface area contributed by atoms with E-state index in [4.69, 9.17) is 9.15 Å². The van der Waals surface area contributed by atoms with Gasteiger partial charge in [0.15, 0.2) is 5.58 Å². The van der Waals surface area contributed by atoms with Crippen LogP contribution in [0.25, 0.3) is 11.1 Å². The van der Waals surface area contributed by atoms with Crippen molar-refractivity contribution < 1.29 is 13.9 Å². The van der Waals surface area contributed by atoms with E-state index < -0.39 is 5.76 Å². The number of carbonyl (C=O) groups excluding carboxylic acids is 1. The number of oxazole rings is 1. The number of nitrogens with zero attached hydrogens (tertiary/aromatic N) is 2. The molecule has 0 unspecified atom stereocenters. The largest absolute Gasteiger partial charge is 0.421 e. The van der Waals surface area contributed by atoms with Crippen LogP contribution in [0, 0.1) is 0 Å². The summed E-state index contributed by atoms with van der Waals surface area (Å²) in [6.07, 6.45) is 0. The number of aromatic nitrogens is 1. The smallest absolute Gasteiger partial charge is 0.408 e. The number of amides is 1. The first-order valence-corrected chi connectivity index (χ1v) is 6.83. The molecule has 0 saturated carbocycles. The van der Waals surface area contributed by atoms with Crippen LogP contribution in [0.5, 0.6) is 0 Å². The highest BCUT2D eigenvalue weighted by Crippen LogP contribution is 2.17. The second-order valence-corrected chi connectivity index (χ2v) is 4.94. The summed E-state index contributed by atoms with van der Waals surface area (Å²) in [5.41, 5.74) is 1.56. The third-order valence-electron chi connectivity index (χ3n) is 3.58. The van der Waals surface area contributed by atoms with Gasteiger partial charge in [-0.3, -0.25) is 4.79 Å². The molecule has 3 rings (SSSR count). The SMILES string of the molecule is COCn1c(=O)oc2cc(C(=O)N3CCNCC3)ccc21. The molecule has 0 atom stereocenters. The van der Waals surface area contributed by atoms with Crippen LogP contribution in [0.4, 0.5) is 0 Å². The van der Waals surface area contributed by atoms with E-state index in [1.807, 2.05) is 0 Å². The van der Waals surface area contributed by atoms with Gasteiger partial charge in [0.1, 0.15) is 6.73 Å². The number of ether oxygens (including phenoxy) is 1. The van der Waals surface area contributed by atoms with Gasteiger partial charge in [0, 0.05) is 38.9 Å². The van der Waals surface area contributed by atoms with Crippen LogP contribution in [0.2, 0.25) is 0 Å². The topological polar surface area (TPSA) is 76.7 Å². The molecule has 1 amide bonds. The molecule has 112 valence electrons. The zero-order chi connectivity index (χ0) is 14.8. The van der Waals surface area contributed by atoms with Gasteiger partial charge >= 0.3 is 5.76 Å². The Hall–Kier alpha value is -2.12. The van der Waals surface area contributed by atoms with Crippen LogP contribution < -0.4 is 11.1 Å². The second-order valence-electron chi connectivity index (χ2n) is 4.94. The molecule has 7 nitrogen and oxygen atoms in total. The lowest BCUT2D eigenvalue weighted by Crippen LogP contribution is -2.46. The van der Waals surface area contributed by atoms with E-state index in [1.54, 1.807) is 23.1 Å². The van der Waals surface area contributed by atoms with Gasteiger partial charge in [0.25, 0.3) is 5.91 Å². The minimum atomic E-state index is -0.487. The van der Waals surface area contributed by atoms with E-state index in [0.717, 1.165) is 13.1 Å². The van der Waals surface area contributed by atoms with Crippen LogP contribution in [0.3, 0.4) is 0 Å². The zero-order valence-electron chi connectivity index (χ0n) is 11.8. The first kappa shape index (κ1) is 13.8. The maximum atomic E-state index is 12.4. The molecule has 1 aliphatic heterocycles. The summed E-state index contributed by atoms with van der Waals surface area (Å²) in [7, 11) is 1.51. The molecule has 21 heavy (non-hydrogen) atoms. The molecule has 0 bridgehead atoms. The number of methoxy groups -OCH3 is 1. The molecule has 1 aromatic carbocycles. The normalized spacial score (nSPS) is 15.6. The molecule has 1 aliphatic rings. The molecule has 0 aliphatic carbocycles. The van der Waals surface area contributed by atoms with Gasteiger partial charge < -0.3 is 19.4 Å². The van der Waals surface area contributed by atoms with Crippen molar-refractivity contribution in [3.63, 3.8) is 0 Å². The molecule has 1 saturated heterocycles. The molecular weight excluding hydrogens is 274 g/mol. The third kappa shape index (κ3) is 2.57. The predicted molar refractivity (Wildman–Crippen MR) is 76.3 cm³/mol. The fourth-order valence-electron chi connectivity index (χ4n) is 2.50. The van der Waals surface area contributed by atoms with Crippen molar-refractivity contribution in [2.75, 3.05) is 33.3 Å². The lowest BCUT2D eigenvalue weighted by Gasteiger charge is -2.27. The number of benzene rings is 1. The molecule has 1 fully saturated rings. The average Bonchev–Trinajstić information content (AvgIpc) is 2.83. The zero-order valence-corrected chi connectivity index (χ0v) is 11.8. The quantitative estimate of drug-likeness (QED) is 0.877. The Morgan fingerprint density at radius 1 is 1.38 bits per heavy atom. The van der Waals surface area contributed by atoms with Gasteiger partial charge in [-0.25, -0.2) is 9.36 Å². The van der Waals surface area contributed by atoms with Gasteiger partial charge in [-0.1, -0.05) is 0 Å². The van der Waals surface area contributed by atoms with E-state index in [0.29, 0.717) is 29.8 Å². The van der Waals surface area contributed by atoms with Crippen LogP contribution >= 0.6 is 0 Å². The van der Waals surface area contributed by atoms with E-state index in [1.165, 1.54) is 11.7 Å². The first-order chi connectivity index (χ1) is 10.2. The fourth-order valence-corrected chi connectivity index (χ4v) is 2.50. The van der Waals surface area contributed by atoms with Crippen LogP contribution in [-0.2, 0) is 11.5 Å². The van der Waals surface area contributed by atoms with Crippen molar-refractivity contribution in [3.05, 3.63) is 34.3 Å². The highest BCUT2D eigenvalue weighted by atomic mass is 16.5. The van der Waals surface area contributed by atoms with Gasteiger partial charge in [-0.05, 0) is 18.2 Å². The molecule has 0 spiro atoms. The summed E-state index contributed by atoms with van der Waals surface area (Å²) in [6, 6.07) is 5.05. The van der Waals surface area contributed by atoms with Gasteiger partial charge in [-0.2, -0.15) is 0 Å². The average molecular weight is 291 g/mol. The molecule has 0 radical (unpaired) electrons. The Balaban J connectivity index is 1.94. The van der Waals surface area contributed by atoms with Crippen molar-refractivity contribution in [3.8, 4) is 0 Å². The fraction of sp³-hybridized carbons (Fsp3) is 0.429. The lowest BCUT2D eigenvalue weighted by atomic mass is 10.1. The standard InChI is InChI=1S/C14H17N3O4/c1-20-9-17-11-3-2-10(8-12(11)21-14(17)19)13(18)16-6-4-15-5-7-16/h2-3,8,15H,4-7,9H2,1H3. The second kappa shape index (κ2) is 5.71. The summed E-state index contributed by atoms with van der Waals surface area (Å²) in [5.74, 6) is -0.529. The maximum absolute atomic E-state index is 12.4. The third-order valence-corrected chi connectivity index (χ3v) is 3.58. The monoisotopic (exact) mass is 291 g/mol. The number of rotatable bonds is 3. The van der Waals surface area contributed by atoms with E-state index >= 15 is 0 Å². The minimum Gasteiger partial charge on any atom is -0.408 e. The molecule has 1 N–H and O–H groups in total. The molecular formula is C14H17N3O4. The van der Waals surface area contributed by atoms with E-state index in [9.17, 15) is 9.59 Å². The van der Waals surface area contributed by atoms with Crippen molar-refractivity contribution in [2.45, 2.75) is 6.73 Å². The lowest BCUT2D eigenvalue weighted by molar-refractivity contribution is 0.0736. The van der Waals surface area contributed by atoms with E-state index in [2.05, 4.69) is 5.32 Å². The first-order valence-electron chi connectivity index (χ1n) is 6.83. The molecule has 7 heteroatoms. The minimum absolute atomic E-state index is 0.0412. The number of hydrogen-bond donors (Lipinski definition) is 1.